The van der Waals surface area contributed by atoms with Crippen molar-refractivity contribution in [1.29, 1.82) is 0 Å². The van der Waals surface area contributed by atoms with Crippen molar-refractivity contribution in [2.45, 2.75) is 23.9 Å². The molecule has 0 aromatic heterocycles. The maximum Gasteiger partial charge on any atom is 0.338 e. The van der Waals surface area contributed by atoms with Crippen molar-refractivity contribution >= 4 is 11.9 Å². The van der Waals surface area contributed by atoms with Crippen molar-refractivity contribution < 1.29 is 28.9 Å². The molecule has 1 heterocycles. The first-order valence-corrected chi connectivity index (χ1v) is 8.62. The molecule has 2 aromatic rings. The monoisotopic (exact) mass is 366 g/mol. The SMILES string of the molecule is O=C(OC[C@]12O[C@H]1C=C[C@@H](O)[C@H]2OC(=O)c1ccccc1)c1ccccc1. The van der Waals surface area contributed by atoms with E-state index in [1.807, 2.05) is 0 Å². The van der Waals surface area contributed by atoms with Gasteiger partial charge in [-0.15, -0.1) is 0 Å². The summed E-state index contributed by atoms with van der Waals surface area (Å²) >= 11 is 0. The largest absolute Gasteiger partial charge is 0.459 e. The maximum absolute atomic E-state index is 12.4. The lowest BCUT2D eigenvalue weighted by Crippen LogP contribution is -2.49. The number of fused-ring (bicyclic) bond motifs is 1. The normalized spacial score (nSPS) is 28.1. The molecule has 0 bridgehead atoms. The number of epoxide rings is 1. The van der Waals surface area contributed by atoms with Crippen LogP contribution in [-0.2, 0) is 14.2 Å². The van der Waals surface area contributed by atoms with Crippen molar-refractivity contribution in [1.82, 2.24) is 0 Å². The highest BCUT2D eigenvalue weighted by Crippen LogP contribution is 2.46. The first-order valence-electron chi connectivity index (χ1n) is 8.62. The Hall–Kier alpha value is -2.96. The lowest BCUT2D eigenvalue weighted by atomic mass is 9.89. The molecular weight excluding hydrogens is 348 g/mol. The van der Waals surface area contributed by atoms with Crippen LogP contribution < -0.4 is 0 Å². The number of hydrogen-bond donors (Lipinski definition) is 1. The minimum atomic E-state index is -1.07. The molecule has 1 N–H and O–H groups in total. The van der Waals surface area contributed by atoms with E-state index in [2.05, 4.69) is 0 Å². The fourth-order valence-electron chi connectivity index (χ4n) is 3.20. The van der Waals surface area contributed by atoms with Crippen molar-refractivity contribution in [3.05, 3.63) is 83.9 Å². The number of carbonyl (C=O) groups is 2. The van der Waals surface area contributed by atoms with Crippen LogP contribution in [0.15, 0.2) is 72.8 Å². The number of ether oxygens (including phenoxy) is 3. The van der Waals surface area contributed by atoms with E-state index in [4.69, 9.17) is 14.2 Å². The Labute approximate surface area is 156 Å². The molecule has 138 valence electrons. The first kappa shape index (κ1) is 17.5. The average Bonchev–Trinajstić information content (AvgIpc) is 3.44. The van der Waals surface area contributed by atoms with Crippen LogP contribution in [0.25, 0.3) is 0 Å². The Morgan fingerprint density at radius 3 is 2.15 bits per heavy atom. The molecule has 1 aliphatic carbocycles. The van der Waals surface area contributed by atoms with Crippen molar-refractivity contribution in [3.63, 3.8) is 0 Å². The third kappa shape index (κ3) is 3.37. The van der Waals surface area contributed by atoms with Crippen LogP contribution in [0.3, 0.4) is 0 Å². The number of esters is 2. The number of aliphatic hydroxyl groups excluding tert-OH is 1. The summed E-state index contributed by atoms with van der Waals surface area (Å²) in [5.41, 5.74) is -0.285. The van der Waals surface area contributed by atoms with Crippen LogP contribution >= 0.6 is 0 Å². The molecular formula is C21H18O6. The van der Waals surface area contributed by atoms with Crippen molar-refractivity contribution in [2.24, 2.45) is 0 Å². The Morgan fingerprint density at radius 2 is 1.52 bits per heavy atom. The van der Waals surface area contributed by atoms with Crippen LogP contribution in [0.2, 0.25) is 0 Å². The fourth-order valence-corrected chi connectivity index (χ4v) is 3.20. The predicted molar refractivity (Wildman–Crippen MR) is 95.1 cm³/mol. The molecule has 0 spiro atoms. The van der Waals surface area contributed by atoms with E-state index in [9.17, 15) is 14.7 Å². The summed E-state index contributed by atoms with van der Waals surface area (Å²) in [6.45, 7) is -0.125. The minimum Gasteiger partial charge on any atom is -0.459 e. The zero-order valence-corrected chi connectivity index (χ0v) is 14.4. The van der Waals surface area contributed by atoms with Gasteiger partial charge in [-0.05, 0) is 24.3 Å². The van der Waals surface area contributed by atoms with Gasteiger partial charge in [0.25, 0.3) is 0 Å². The zero-order valence-electron chi connectivity index (χ0n) is 14.4. The molecule has 1 aliphatic heterocycles. The second-order valence-corrected chi connectivity index (χ2v) is 6.50. The van der Waals surface area contributed by atoms with Gasteiger partial charge in [0.15, 0.2) is 11.7 Å². The first-order chi connectivity index (χ1) is 13.1. The number of rotatable bonds is 5. The Balaban J connectivity index is 1.48. The second-order valence-electron chi connectivity index (χ2n) is 6.50. The average molecular weight is 366 g/mol. The summed E-state index contributed by atoms with van der Waals surface area (Å²) in [7, 11) is 0. The lowest BCUT2D eigenvalue weighted by molar-refractivity contribution is -0.0546. The van der Waals surface area contributed by atoms with Gasteiger partial charge in [-0.1, -0.05) is 48.6 Å². The van der Waals surface area contributed by atoms with E-state index in [-0.39, 0.29) is 12.7 Å². The molecule has 0 radical (unpaired) electrons. The van der Waals surface area contributed by atoms with Gasteiger partial charge in [0.05, 0.1) is 11.1 Å². The van der Waals surface area contributed by atoms with Gasteiger partial charge in [0, 0.05) is 0 Å². The fraction of sp³-hybridized carbons (Fsp3) is 0.238. The highest BCUT2D eigenvalue weighted by atomic mass is 16.7. The summed E-state index contributed by atoms with van der Waals surface area (Å²) in [4.78, 5) is 24.6. The van der Waals surface area contributed by atoms with Gasteiger partial charge >= 0.3 is 11.9 Å². The number of benzene rings is 2. The van der Waals surface area contributed by atoms with Gasteiger partial charge in [-0.2, -0.15) is 0 Å². The molecule has 2 aromatic carbocycles. The molecule has 4 rings (SSSR count). The van der Waals surface area contributed by atoms with Crippen molar-refractivity contribution in [3.8, 4) is 0 Å². The topological polar surface area (TPSA) is 85.4 Å². The second kappa shape index (κ2) is 6.98. The van der Waals surface area contributed by atoms with E-state index >= 15 is 0 Å². The predicted octanol–water partition coefficient (Wildman–Crippen LogP) is 2.14. The van der Waals surface area contributed by atoms with Crippen molar-refractivity contribution in [2.75, 3.05) is 6.61 Å². The maximum atomic E-state index is 12.4. The van der Waals surface area contributed by atoms with Crippen LogP contribution in [0.4, 0.5) is 0 Å². The van der Waals surface area contributed by atoms with E-state index in [1.54, 1.807) is 66.7 Å². The van der Waals surface area contributed by atoms with Gasteiger partial charge in [-0.3, -0.25) is 0 Å². The van der Waals surface area contributed by atoms with E-state index in [1.165, 1.54) is 6.08 Å². The lowest BCUT2D eigenvalue weighted by Gasteiger charge is -2.29. The molecule has 1 saturated heterocycles. The molecule has 6 heteroatoms. The molecule has 6 nitrogen and oxygen atoms in total. The number of hydrogen-bond acceptors (Lipinski definition) is 6. The summed E-state index contributed by atoms with van der Waals surface area (Å²) < 4.78 is 16.6. The summed E-state index contributed by atoms with van der Waals surface area (Å²) in [6, 6.07) is 17.1. The smallest absolute Gasteiger partial charge is 0.338 e. The van der Waals surface area contributed by atoms with Crippen LogP contribution in [0.1, 0.15) is 20.7 Å². The molecule has 1 fully saturated rings. The number of aliphatic hydroxyl groups is 1. The standard InChI is InChI=1S/C21H18O6/c22-16-11-12-17-21(27-17,13-25-19(23)14-7-3-1-4-8-14)18(16)26-20(24)15-9-5-2-6-10-15/h1-12,16-18,22H,13H2/t16-,17+,18-,21+/m1/s1. The van der Waals surface area contributed by atoms with E-state index in [0.717, 1.165) is 0 Å². The summed E-state index contributed by atoms with van der Waals surface area (Å²) in [5.74, 6) is -1.07. The quantitative estimate of drug-likeness (QED) is 0.496. The number of carbonyl (C=O) groups excluding carboxylic acids is 2. The Kier molecular flexibility index (Phi) is 4.51. The van der Waals surface area contributed by atoms with Gasteiger partial charge < -0.3 is 19.3 Å². The Bertz CT molecular complexity index is 863. The van der Waals surface area contributed by atoms with E-state index in [0.29, 0.717) is 11.1 Å². The highest BCUT2D eigenvalue weighted by molar-refractivity contribution is 5.90. The molecule has 0 unspecified atom stereocenters. The van der Waals surface area contributed by atoms with E-state index < -0.39 is 29.7 Å². The summed E-state index contributed by atoms with van der Waals surface area (Å²) in [5, 5.41) is 10.3. The van der Waals surface area contributed by atoms with Crippen LogP contribution in [0.5, 0.6) is 0 Å². The zero-order chi connectivity index (χ0) is 18.9. The van der Waals surface area contributed by atoms with Gasteiger partial charge in [0.2, 0.25) is 0 Å². The van der Waals surface area contributed by atoms with Crippen LogP contribution in [-0.4, -0.2) is 47.6 Å². The summed E-state index contributed by atoms with van der Waals surface area (Å²) in [6.07, 6.45) is 0.819. The molecule has 27 heavy (non-hydrogen) atoms. The molecule has 2 aliphatic rings. The molecule has 0 saturated carbocycles. The van der Waals surface area contributed by atoms with Gasteiger partial charge in [-0.25, -0.2) is 9.59 Å². The molecule has 4 atom stereocenters. The highest BCUT2D eigenvalue weighted by Gasteiger charge is 2.66. The Morgan fingerprint density at radius 1 is 0.926 bits per heavy atom. The molecule has 0 amide bonds. The third-order valence-corrected chi connectivity index (χ3v) is 4.73. The van der Waals surface area contributed by atoms with Gasteiger partial charge in [0.1, 0.15) is 18.8 Å². The third-order valence-electron chi connectivity index (χ3n) is 4.73. The van der Waals surface area contributed by atoms with Crippen LogP contribution in [0, 0.1) is 0 Å². The minimum absolute atomic E-state index is 0.125.